The Balaban J connectivity index is 1.37. The Hall–Kier alpha value is -2.28. The number of aliphatic hydroxyl groups is 2. The van der Waals surface area contributed by atoms with Gasteiger partial charge in [0.2, 0.25) is 0 Å². The first-order chi connectivity index (χ1) is 14.0. The average molecular weight is 399 g/mol. The number of benzene rings is 2. The maximum absolute atomic E-state index is 10.7. The SMILES string of the molecule is COc1ccc([C@@H](O)CN2CCC3(CC2)C[C@@H](O)c2cc(OC)ccc2O3)cc1. The highest BCUT2D eigenvalue weighted by atomic mass is 16.5. The lowest BCUT2D eigenvalue weighted by Gasteiger charge is -2.46. The van der Waals surface area contributed by atoms with Gasteiger partial charge in [0.05, 0.1) is 26.4 Å². The zero-order chi connectivity index (χ0) is 20.4. The lowest BCUT2D eigenvalue weighted by molar-refractivity contribution is -0.0588. The smallest absolute Gasteiger partial charge is 0.126 e. The molecule has 2 aliphatic heterocycles. The fourth-order valence-corrected chi connectivity index (χ4v) is 4.37. The van der Waals surface area contributed by atoms with Gasteiger partial charge >= 0.3 is 0 Å². The highest BCUT2D eigenvalue weighted by Gasteiger charge is 2.43. The second-order valence-corrected chi connectivity index (χ2v) is 8.00. The van der Waals surface area contributed by atoms with Gasteiger partial charge in [-0.1, -0.05) is 12.1 Å². The van der Waals surface area contributed by atoms with E-state index in [4.69, 9.17) is 14.2 Å². The van der Waals surface area contributed by atoms with Gasteiger partial charge in [-0.05, 0) is 48.7 Å². The predicted molar refractivity (Wildman–Crippen MR) is 110 cm³/mol. The van der Waals surface area contributed by atoms with E-state index in [1.54, 1.807) is 14.2 Å². The molecule has 2 aliphatic rings. The highest BCUT2D eigenvalue weighted by Crippen LogP contribution is 2.45. The number of rotatable bonds is 5. The van der Waals surface area contributed by atoms with Crippen LogP contribution in [-0.2, 0) is 0 Å². The van der Waals surface area contributed by atoms with E-state index >= 15 is 0 Å². The molecule has 0 aliphatic carbocycles. The number of ether oxygens (including phenoxy) is 3. The minimum Gasteiger partial charge on any atom is -0.497 e. The van der Waals surface area contributed by atoms with E-state index < -0.39 is 12.2 Å². The van der Waals surface area contributed by atoms with Crippen LogP contribution in [0.2, 0.25) is 0 Å². The van der Waals surface area contributed by atoms with Gasteiger partial charge in [0.25, 0.3) is 0 Å². The van der Waals surface area contributed by atoms with E-state index in [0.717, 1.165) is 54.3 Å². The standard InChI is InChI=1S/C23H29NO5/c1-27-17-5-3-16(4-6-17)21(26)15-24-11-9-23(10-12-24)14-20(25)19-13-18(28-2)7-8-22(19)29-23/h3-8,13,20-21,25-26H,9-12,14-15H2,1-2H3/t20-,21+/m1/s1. The fourth-order valence-electron chi connectivity index (χ4n) is 4.37. The normalized spacial score (nSPS) is 21.9. The van der Waals surface area contributed by atoms with Gasteiger partial charge in [-0.3, -0.25) is 0 Å². The molecule has 2 atom stereocenters. The summed E-state index contributed by atoms with van der Waals surface area (Å²) in [6, 6.07) is 13.2. The van der Waals surface area contributed by atoms with E-state index in [1.807, 2.05) is 42.5 Å². The minimum atomic E-state index is -0.551. The third-order valence-electron chi connectivity index (χ3n) is 6.17. The Morgan fingerprint density at radius 1 is 1.07 bits per heavy atom. The monoisotopic (exact) mass is 399 g/mol. The number of piperidine rings is 1. The molecule has 156 valence electrons. The molecule has 0 aromatic heterocycles. The van der Waals surface area contributed by atoms with Crippen molar-refractivity contribution in [2.75, 3.05) is 33.9 Å². The molecule has 29 heavy (non-hydrogen) atoms. The van der Waals surface area contributed by atoms with Crippen LogP contribution in [0.1, 0.15) is 42.6 Å². The van der Waals surface area contributed by atoms with Crippen LogP contribution in [-0.4, -0.2) is 54.6 Å². The van der Waals surface area contributed by atoms with E-state index in [1.165, 1.54) is 0 Å². The molecule has 2 N–H and O–H groups in total. The quantitative estimate of drug-likeness (QED) is 0.805. The third kappa shape index (κ3) is 4.20. The topological polar surface area (TPSA) is 71.4 Å². The van der Waals surface area contributed by atoms with Gasteiger partial charge in [0, 0.05) is 31.6 Å². The zero-order valence-electron chi connectivity index (χ0n) is 17.0. The molecule has 0 unspecified atom stereocenters. The van der Waals surface area contributed by atoms with Crippen LogP contribution in [0, 0.1) is 0 Å². The molecule has 6 nitrogen and oxygen atoms in total. The Kier molecular flexibility index (Phi) is 5.67. The van der Waals surface area contributed by atoms with E-state index in [2.05, 4.69) is 4.90 Å². The highest BCUT2D eigenvalue weighted by molar-refractivity contribution is 5.43. The van der Waals surface area contributed by atoms with Gasteiger partial charge in [0.15, 0.2) is 0 Å². The molecule has 2 aromatic rings. The zero-order valence-corrected chi connectivity index (χ0v) is 17.0. The number of nitrogens with zero attached hydrogens (tertiary/aromatic N) is 1. The molecule has 0 amide bonds. The van der Waals surface area contributed by atoms with Crippen molar-refractivity contribution in [1.82, 2.24) is 4.90 Å². The Bertz CT molecular complexity index is 830. The second kappa shape index (κ2) is 8.22. The summed E-state index contributed by atoms with van der Waals surface area (Å²) in [6.07, 6.45) is 1.14. The lowest BCUT2D eigenvalue weighted by Crippen LogP contribution is -2.51. The summed E-state index contributed by atoms with van der Waals surface area (Å²) in [4.78, 5) is 2.26. The van der Waals surface area contributed by atoms with Crippen molar-refractivity contribution in [3.63, 3.8) is 0 Å². The van der Waals surface area contributed by atoms with Crippen LogP contribution >= 0.6 is 0 Å². The van der Waals surface area contributed by atoms with Crippen molar-refractivity contribution in [3.8, 4) is 17.2 Å². The molecule has 0 radical (unpaired) electrons. The number of hydrogen-bond donors (Lipinski definition) is 2. The molecule has 1 fully saturated rings. The van der Waals surface area contributed by atoms with Gasteiger partial charge in [0.1, 0.15) is 22.8 Å². The molecule has 1 saturated heterocycles. The van der Waals surface area contributed by atoms with Crippen molar-refractivity contribution in [3.05, 3.63) is 53.6 Å². The van der Waals surface area contributed by atoms with Gasteiger partial charge in [-0.25, -0.2) is 0 Å². The fraction of sp³-hybridized carbons (Fsp3) is 0.478. The van der Waals surface area contributed by atoms with Crippen LogP contribution in [0.5, 0.6) is 17.2 Å². The first kappa shape index (κ1) is 20.0. The van der Waals surface area contributed by atoms with Gasteiger partial charge < -0.3 is 29.3 Å². The van der Waals surface area contributed by atoms with E-state index in [-0.39, 0.29) is 5.60 Å². The number of fused-ring (bicyclic) bond motifs is 1. The summed E-state index contributed by atoms with van der Waals surface area (Å²) in [5, 5.41) is 21.3. The maximum atomic E-state index is 10.7. The summed E-state index contributed by atoms with van der Waals surface area (Å²) in [7, 11) is 3.25. The summed E-state index contributed by atoms with van der Waals surface area (Å²) < 4.78 is 16.8. The molecule has 0 bridgehead atoms. The first-order valence-corrected chi connectivity index (χ1v) is 10.1. The second-order valence-electron chi connectivity index (χ2n) is 8.00. The largest absolute Gasteiger partial charge is 0.497 e. The Morgan fingerprint density at radius 2 is 1.72 bits per heavy atom. The maximum Gasteiger partial charge on any atom is 0.126 e. The lowest BCUT2D eigenvalue weighted by atomic mass is 9.81. The van der Waals surface area contributed by atoms with Crippen molar-refractivity contribution < 1.29 is 24.4 Å². The minimum absolute atomic E-state index is 0.345. The number of hydrogen-bond acceptors (Lipinski definition) is 6. The summed E-state index contributed by atoms with van der Waals surface area (Å²) in [5.41, 5.74) is 1.34. The van der Waals surface area contributed by atoms with Gasteiger partial charge in [-0.15, -0.1) is 0 Å². The summed E-state index contributed by atoms with van der Waals surface area (Å²) in [6.45, 7) is 2.23. The molecule has 1 spiro atoms. The third-order valence-corrected chi connectivity index (χ3v) is 6.17. The molecule has 0 saturated carbocycles. The van der Waals surface area contributed by atoms with Crippen molar-refractivity contribution in [2.24, 2.45) is 0 Å². The van der Waals surface area contributed by atoms with Crippen molar-refractivity contribution in [2.45, 2.75) is 37.1 Å². The van der Waals surface area contributed by atoms with Crippen LogP contribution in [0.15, 0.2) is 42.5 Å². The first-order valence-electron chi connectivity index (χ1n) is 10.1. The Morgan fingerprint density at radius 3 is 2.38 bits per heavy atom. The number of β-amino-alcohol motifs (C(OH)–C–C–N with tert-alkyl or cyclic N) is 1. The van der Waals surface area contributed by atoms with Crippen LogP contribution in [0.4, 0.5) is 0 Å². The predicted octanol–water partition coefficient (Wildman–Crippen LogP) is 3.09. The van der Waals surface area contributed by atoms with Crippen LogP contribution in [0.3, 0.4) is 0 Å². The molecule has 6 heteroatoms. The molecular weight excluding hydrogens is 370 g/mol. The van der Waals surface area contributed by atoms with Crippen molar-refractivity contribution in [1.29, 1.82) is 0 Å². The number of aliphatic hydroxyl groups excluding tert-OH is 2. The van der Waals surface area contributed by atoms with E-state index in [0.29, 0.717) is 13.0 Å². The average Bonchev–Trinajstić information content (AvgIpc) is 2.75. The summed E-state index contributed by atoms with van der Waals surface area (Å²) in [5.74, 6) is 2.26. The number of methoxy groups -OCH3 is 2. The van der Waals surface area contributed by atoms with Crippen molar-refractivity contribution >= 4 is 0 Å². The van der Waals surface area contributed by atoms with Gasteiger partial charge in [-0.2, -0.15) is 0 Å². The molecular formula is C23H29NO5. The van der Waals surface area contributed by atoms with Crippen LogP contribution in [0.25, 0.3) is 0 Å². The molecule has 4 rings (SSSR count). The Labute approximate surface area is 171 Å². The molecule has 2 heterocycles. The summed E-state index contributed by atoms with van der Waals surface area (Å²) >= 11 is 0. The molecule has 2 aromatic carbocycles. The number of likely N-dealkylation sites (tertiary alicyclic amines) is 1. The van der Waals surface area contributed by atoms with E-state index in [9.17, 15) is 10.2 Å². The van der Waals surface area contributed by atoms with Crippen LogP contribution < -0.4 is 14.2 Å².